The molecule has 0 aliphatic carbocycles. The number of carbonyl (C=O) groups excluding carboxylic acids is 1. The molecule has 1 aromatic heterocycles. The van der Waals surface area contributed by atoms with Gasteiger partial charge in [-0.1, -0.05) is 36.5 Å². The van der Waals surface area contributed by atoms with Crippen LogP contribution in [-0.4, -0.2) is 22.3 Å². The van der Waals surface area contributed by atoms with Crippen molar-refractivity contribution in [2.24, 2.45) is 0 Å². The first-order chi connectivity index (χ1) is 9.25. The number of rotatable bonds is 1. The summed E-state index contributed by atoms with van der Waals surface area (Å²) in [6, 6.07) is 10.0. The van der Waals surface area contributed by atoms with Crippen molar-refractivity contribution in [3.05, 3.63) is 63.9 Å². The van der Waals surface area contributed by atoms with Gasteiger partial charge in [-0.3, -0.25) is 4.79 Å². The van der Waals surface area contributed by atoms with Gasteiger partial charge in [0.15, 0.2) is 0 Å². The molecule has 0 radical (unpaired) electrons. The predicted octanol–water partition coefficient (Wildman–Crippen LogP) is 2.94. The molecule has 0 fully saturated rings. The monoisotopic (exact) mass is 270 g/mol. The van der Waals surface area contributed by atoms with Gasteiger partial charge >= 0.3 is 0 Å². The number of hydrogen-bond donors (Lipinski definition) is 1. The van der Waals surface area contributed by atoms with E-state index in [1.165, 1.54) is 11.1 Å². The van der Waals surface area contributed by atoms with E-state index in [1.807, 2.05) is 17.0 Å². The van der Waals surface area contributed by atoms with E-state index in [9.17, 15) is 4.79 Å². The summed E-state index contributed by atoms with van der Waals surface area (Å²) in [5.41, 5.74) is 3.15. The molecular weight excluding hydrogens is 256 g/mol. The quantitative estimate of drug-likeness (QED) is 0.809. The van der Waals surface area contributed by atoms with Crippen LogP contribution in [0.4, 0.5) is 0 Å². The number of aromatic amines is 1. The first-order valence-corrected chi connectivity index (χ1v) is 6.70. The summed E-state index contributed by atoms with van der Waals surface area (Å²) < 4.78 is 0.600. The highest BCUT2D eigenvalue weighted by atomic mass is 32.1. The molecule has 96 valence electrons. The second-order valence-electron chi connectivity index (χ2n) is 4.67. The van der Waals surface area contributed by atoms with Crippen LogP contribution in [0.15, 0.2) is 42.7 Å². The number of aromatic nitrogens is 1. The number of amides is 1. The normalized spacial score (nSPS) is 14.0. The highest BCUT2D eigenvalue weighted by Gasteiger charge is 2.22. The second-order valence-corrected chi connectivity index (χ2v) is 5.11. The molecule has 2 heterocycles. The maximum Gasteiger partial charge on any atom is 0.257 e. The Balaban J connectivity index is 1.88. The summed E-state index contributed by atoms with van der Waals surface area (Å²) >= 11 is 5.21. The fourth-order valence-electron chi connectivity index (χ4n) is 2.42. The third-order valence-electron chi connectivity index (χ3n) is 3.47. The van der Waals surface area contributed by atoms with Crippen molar-refractivity contribution in [2.75, 3.05) is 6.54 Å². The lowest BCUT2D eigenvalue weighted by molar-refractivity contribution is 0.0734. The molecule has 4 heteroatoms. The van der Waals surface area contributed by atoms with Crippen LogP contribution in [-0.2, 0) is 13.0 Å². The first kappa shape index (κ1) is 12.1. The number of benzene rings is 1. The molecule has 19 heavy (non-hydrogen) atoms. The summed E-state index contributed by atoms with van der Waals surface area (Å²) in [4.78, 5) is 17.3. The van der Waals surface area contributed by atoms with Crippen LogP contribution in [0.1, 0.15) is 21.5 Å². The summed E-state index contributed by atoms with van der Waals surface area (Å²) in [5.74, 6) is 0.0105. The van der Waals surface area contributed by atoms with E-state index < -0.39 is 0 Å². The molecule has 1 amide bonds. The lowest BCUT2D eigenvalue weighted by atomic mass is 9.99. The largest absolute Gasteiger partial charge is 0.367 e. The summed E-state index contributed by atoms with van der Waals surface area (Å²) in [6.07, 6.45) is 4.33. The van der Waals surface area contributed by atoms with Crippen LogP contribution in [0.5, 0.6) is 0 Å². The Bertz CT molecular complexity index is 678. The smallest absolute Gasteiger partial charge is 0.257 e. The number of pyridine rings is 1. The molecule has 0 spiro atoms. The number of hydrogen-bond acceptors (Lipinski definition) is 2. The van der Waals surface area contributed by atoms with Crippen LogP contribution >= 0.6 is 12.2 Å². The van der Waals surface area contributed by atoms with Crippen molar-refractivity contribution in [3.8, 4) is 0 Å². The molecule has 0 atom stereocenters. The topological polar surface area (TPSA) is 36.1 Å². The molecule has 1 aromatic carbocycles. The van der Waals surface area contributed by atoms with Crippen LogP contribution in [0.3, 0.4) is 0 Å². The van der Waals surface area contributed by atoms with Gasteiger partial charge in [-0.15, -0.1) is 0 Å². The average Bonchev–Trinajstić information content (AvgIpc) is 2.46. The van der Waals surface area contributed by atoms with Gasteiger partial charge in [-0.25, -0.2) is 0 Å². The Morgan fingerprint density at radius 3 is 2.79 bits per heavy atom. The standard InChI is InChI=1S/C15H14N2OS/c18-15(13-9-16-7-5-14(13)19)17-8-6-11-3-1-2-4-12(11)10-17/h1-5,7,9H,6,8,10H2,(H,16,19). The minimum absolute atomic E-state index is 0.0105. The predicted molar refractivity (Wildman–Crippen MR) is 76.5 cm³/mol. The van der Waals surface area contributed by atoms with Gasteiger partial charge in [0.2, 0.25) is 0 Å². The van der Waals surface area contributed by atoms with Crippen LogP contribution < -0.4 is 0 Å². The van der Waals surface area contributed by atoms with E-state index >= 15 is 0 Å². The molecule has 0 unspecified atom stereocenters. The Morgan fingerprint density at radius 1 is 1.21 bits per heavy atom. The zero-order valence-corrected chi connectivity index (χ0v) is 11.2. The van der Waals surface area contributed by atoms with Crippen molar-refractivity contribution < 1.29 is 4.79 Å². The van der Waals surface area contributed by atoms with Gasteiger partial charge in [0.05, 0.1) is 10.1 Å². The highest BCUT2D eigenvalue weighted by molar-refractivity contribution is 7.71. The Hall–Kier alpha value is -1.94. The summed E-state index contributed by atoms with van der Waals surface area (Å²) in [7, 11) is 0. The summed E-state index contributed by atoms with van der Waals surface area (Å²) in [5, 5.41) is 0. The first-order valence-electron chi connectivity index (χ1n) is 6.29. The van der Waals surface area contributed by atoms with Gasteiger partial charge in [0, 0.05) is 25.5 Å². The van der Waals surface area contributed by atoms with Crippen molar-refractivity contribution in [1.82, 2.24) is 9.88 Å². The minimum atomic E-state index is 0.0105. The van der Waals surface area contributed by atoms with E-state index in [-0.39, 0.29) is 5.91 Å². The number of H-pyrrole nitrogens is 1. The zero-order chi connectivity index (χ0) is 13.2. The molecule has 0 saturated carbocycles. The van der Waals surface area contributed by atoms with Gasteiger partial charge in [-0.05, 0) is 23.6 Å². The third kappa shape index (κ3) is 2.31. The number of fused-ring (bicyclic) bond motifs is 1. The Kier molecular flexibility index (Phi) is 3.17. The number of nitrogens with one attached hydrogen (secondary N) is 1. The van der Waals surface area contributed by atoms with E-state index in [2.05, 4.69) is 17.1 Å². The molecule has 0 bridgehead atoms. The molecule has 1 aliphatic rings. The minimum Gasteiger partial charge on any atom is -0.367 e. The van der Waals surface area contributed by atoms with Crippen LogP contribution in [0.2, 0.25) is 0 Å². The second kappa shape index (κ2) is 4.97. The third-order valence-corrected chi connectivity index (χ3v) is 3.83. The van der Waals surface area contributed by atoms with Crippen molar-refractivity contribution >= 4 is 18.1 Å². The van der Waals surface area contributed by atoms with Crippen molar-refractivity contribution in [3.63, 3.8) is 0 Å². The van der Waals surface area contributed by atoms with E-state index in [1.54, 1.807) is 18.5 Å². The maximum atomic E-state index is 12.5. The fraction of sp³-hybridized carbons (Fsp3) is 0.200. The molecule has 1 aliphatic heterocycles. The average molecular weight is 270 g/mol. The molecule has 1 N–H and O–H groups in total. The molecular formula is C15H14N2OS. The fourth-order valence-corrected chi connectivity index (χ4v) is 2.64. The molecule has 2 aromatic rings. The lowest BCUT2D eigenvalue weighted by Gasteiger charge is -2.28. The Labute approximate surface area is 116 Å². The lowest BCUT2D eigenvalue weighted by Crippen LogP contribution is -2.36. The molecule has 3 nitrogen and oxygen atoms in total. The SMILES string of the molecule is O=C(c1c[nH]ccc1=S)N1CCc2ccccc2C1. The maximum absolute atomic E-state index is 12.5. The van der Waals surface area contributed by atoms with Gasteiger partial charge in [-0.2, -0.15) is 0 Å². The Morgan fingerprint density at radius 2 is 2.00 bits per heavy atom. The zero-order valence-electron chi connectivity index (χ0n) is 10.4. The highest BCUT2D eigenvalue weighted by Crippen LogP contribution is 2.20. The molecule has 3 rings (SSSR count). The van der Waals surface area contributed by atoms with Gasteiger partial charge in [0.1, 0.15) is 0 Å². The van der Waals surface area contributed by atoms with E-state index in [0.717, 1.165) is 13.0 Å². The summed E-state index contributed by atoms with van der Waals surface area (Å²) in [6.45, 7) is 1.41. The van der Waals surface area contributed by atoms with Crippen molar-refractivity contribution in [2.45, 2.75) is 13.0 Å². The van der Waals surface area contributed by atoms with Crippen molar-refractivity contribution in [1.29, 1.82) is 0 Å². The van der Waals surface area contributed by atoms with Crippen LogP contribution in [0, 0.1) is 4.51 Å². The number of nitrogens with zero attached hydrogens (tertiary/aromatic N) is 1. The van der Waals surface area contributed by atoms with E-state index in [0.29, 0.717) is 16.6 Å². The van der Waals surface area contributed by atoms with Crippen LogP contribution in [0.25, 0.3) is 0 Å². The van der Waals surface area contributed by atoms with Gasteiger partial charge in [0.25, 0.3) is 5.91 Å². The van der Waals surface area contributed by atoms with E-state index in [4.69, 9.17) is 12.2 Å². The number of carbonyl (C=O) groups is 1. The molecule has 0 saturated heterocycles. The van der Waals surface area contributed by atoms with Gasteiger partial charge < -0.3 is 9.88 Å².